The summed E-state index contributed by atoms with van der Waals surface area (Å²) in [6.07, 6.45) is 1.96. The standard InChI is InChI=1S/C18H27O5P/c1-4-7-13-20-17-14-16(24(19,21-5-2)22-6-3)18(23-17)15-11-9-8-10-12-15/h8-12,17H,4-7,13-14H2,1-3H3. The van der Waals surface area contributed by atoms with Gasteiger partial charge < -0.3 is 18.5 Å². The van der Waals surface area contributed by atoms with Gasteiger partial charge in [-0.1, -0.05) is 43.7 Å². The maximum Gasteiger partial charge on any atom is 0.361 e. The molecule has 0 N–H and O–H groups in total. The van der Waals surface area contributed by atoms with Gasteiger partial charge in [0.25, 0.3) is 0 Å². The van der Waals surface area contributed by atoms with Crippen LogP contribution >= 0.6 is 7.60 Å². The Bertz CT molecular complexity index is 574. The Kier molecular flexibility index (Phi) is 7.50. The number of rotatable bonds is 10. The second kappa shape index (κ2) is 9.38. The van der Waals surface area contributed by atoms with Crippen molar-refractivity contribution in [2.24, 2.45) is 0 Å². The molecule has 0 fully saturated rings. The summed E-state index contributed by atoms with van der Waals surface area (Å²) in [6, 6.07) is 9.61. The molecule has 0 aromatic heterocycles. The summed E-state index contributed by atoms with van der Waals surface area (Å²) in [5.74, 6) is 0.558. The molecule has 0 aliphatic carbocycles. The number of hydrogen-bond donors (Lipinski definition) is 0. The minimum Gasteiger partial charge on any atom is -0.463 e. The molecule has 6 heteroatoms. The van der Waals surface area contributed by atoms with Crippen molar-refractivity contribution in [2.45, 2.75) is 46.3 Å². The minimum atomic E-state index is -3.39. The molecule has 2 rings (SSSR count). The summed E-state index contributed by atoms with van der Waals surface area (Å²) in [5, 5.41) is 0.568. The predicted molar refractivity (Wildman–Crippen MR) is 94.6 cm³/mol. The van der Waals surface area contributed by atoms with Crippen LogP contribution in [-0.2, 0) is 23.1 Å². The third kappa shape index (κ3) is 4.70. The van der Waals surface area contributed by atoms with Gasteiger partial charge in [-0.15, -0.1) is 0 Å². The Balaban J connectivity index is 2.30. The van der Waals surface area contributed by atoms with E-state index in [1.807, 2.05) is 30.3 Å². The molecule has 5 nitrogen and oxygen atoms in total. The van der Waals surface area contributed by atoms with Crippen LogP contribution in [0.25, 0.3) is 5.76 Å². The molecule has 0 saturated carbocycles. The molecule has 0 bridgehead atoms. The topological polar surface area (TPSA) is 54.0 Å². The van der Waals surface area contributed by atoms with Crippen LogP contribution < -0.4 is 0 Å². The van der Waals surface area contributed by atoms with Crippen molar-refractivity contribution in [3.8, 4) is 0 Å². The summed E-state index contributed by atoms with van der Waals surface area (Å²) in [5.41, 5.74) is 0.855. The summed E-state index contributed by atoms with van der Waals surface area (Å²) in [4.78, 5) is 0. The van der Waals surface area contributed by atoms with Crippen LogP contribution in [0.4, 0.5) is 0 Å². The van der Waals surface area contributed by atoms with Crippen LogP contribution in [0.1, 0.15) is 45.6 Å². The van der Waals surface area contributed by atoms with Crippen molar-refractivity contribution >= 4 is 13.4 Å². The van der Waals surface area contributed by atoms with Crippen LogP contribution in [0.5, 0.6) is 0 Å². The Hall–Kier alpha value is -1.13. The summed E-state index contributed by atoms with van der Waals surface area (Å²) < 4.78 is 36.0. The Morgan fingerprint density at radius 1 is 1.12 bits per heavy atom. The SMILES string of the molecule is CCCCOC1CC(P(=O)(OCC)OCC)=C(c2ccccc2)O1. The lowest BCUT2D eigenvalue weighted by molar-refractivity contribution is -0.0846. The van der Waals surface area contributed by atoms with Gasteiger partial charge in [0.15, 0.2) is 0 Å². The van der Waals surface area contributed by atoms with Gasteiger partial charge in [0, 0.05) is 12.0 Å². The lowest BCUT2D eigenvalue weighted by atomic mass is 10.2. The fraction of sp³-hybridized carbons (Fsp3) is 0.556. The first-order chi connectivity index (χ1) is 11.6. The second-order valence-corrected chi connectivity index (χ2v) is 7.50. The number of unbranched alkanes of at least 4 members (excludes halogenated alkanes) is 1. The molecule has 1 aromatic carbocycles. The molecule has 0 amide bonds. The monoisotopic (exact) mass is 354 g/mol. The third-order valence-electron chi connectivity index (χ3n) is 3.64. The normalized spacial score (nSPS) is 18.0. The lowest BCUT2D eigenvalue weighted by Gasteiger charge is -2.18. The zero-order valence-corrected chi connectivity index (χ0v) is 15.6. The second-order valence-electron chi connectivity index (χ2n) is 5.45. The maximum atomic E-state index is 13.2. The Labute approximate surface area is 144 Å². The van der Waals surface area contributed by atoms with Crippen LogP contribution in [0.2, 0.25) is 0 Å². The van der Waals surface area contributed by atoms with E-state index >= 15 is 0 Å². The van der Waals surface area contributed by atoms with E-state index in [1.165, 1.54) is 0 Å². The summed E-state index contributed by atoms with van der Waals surface area (Å²) in [6.45, 7) is 6.95. The summed E-state index contributed by atoms with van der Waals surface area (Å²) in [7, 11) is -3.39. The van der Waals surface area contributed by atoms with Gasteiger partial charge in [-0.2, -0.15) is 0 Å². The van der Waals surface area contributed by atoms with Crippen molar-refractivity contribution in [1.29, 1.82) is 0 Å². The van der Waals surface area contributed by atoms with Gasteiger partial charge in [-0.25, -0.2) is 0 Å². The highest BCUT2D eigenvalue weighted by Gasteiger charge is 2.41. The lowest BCUT2D eigenvalue weighted by Crippen LogP contribution is -2.12. The zero-order chi connectivity index (χ0) is 17.4. The number of benzene rings is 1. The first kappa shape index (κ1) is 19.2. The van der Waals surface area contributed by atoms with Crippen molar-refractivity contribution in [1.82, 2.24) is 0 Å². The molecule has 0 saturated heterocycles. The minimum absolute atomic E-state index is 0.310. The molecular formula is C18H27O5P. The molecule has 1 aliphatic rings. The van der Waals surface area contributed by atoms with Gasteiger partial charge in [-0.05, 0) is 20.3 Å². The molecule has 0 spiro atoms. The quantitative estimate of drug-likeness (QED) is 0.428. The van der Waals surface area contributed by atoms with E-state index in [4.69, 9.17) is 18.5 Å². The predicted octanol–water partition coefficient (Wildman–Crippen LogP) is 5.18. The molecular weight excluding hydrogens is 327 g/mol. The molecule has 1 aliphatic heterocycles. The van der Waals surface area contributed by atoms with Crippen LogP contribution in [0, 0.1) is 0 Å². The van der Waals surface area contributed by atoms with Gasteiger partial charge >= 0.3 is 7.60 Å². The summed E-state index contributed by atoms with van der Waals surface area (Å²) >= 11 is 0. The molecule has 0 radical (unpaired) electrons. The fourth-order valence-electron chi connectivity index (χ4n) is 2.54. The van der Waals surface area contributed by atoms with Crippen molar-refractivity contribution < 1.29 is 23.1 Å². The van der Waals surface area contributed by atoms with Crippen LogP contribution in [-0.4, -0.2) is 26.1 Å². The van der Waals surface area contributed by atoms with Crippen molar-refractivity contribution in [3.05, 3.63) is 41.2 Å². The first-order valence-corrected chi connectivity index (χ1v) is 10.1. The maximum absolute atomic E-state index is 13.2. The molecule has 1 aromatic rings. The van der Waals surface area contributed by atoms with E-state index in [9.17, 15) is 4.57 Å². The van der Waals surface area contributed by atoms with E-state index in [-0.39, 0.29) is 0 Å². The Morgan fingerprint density at radius 3 is 2.38 bits per heavy atom. The largest absolute Gasteiger partial charge is 0.463 e. The highest BCUT2D eigenvalue weighted by Crippen LogP contribution is 2.62. The molecule has 24 heavy (non-hydrogen) atoms. The van der Waals surface area contributed by atoms with Gasteiger partial charge in [0.05, 0.1) is 25.1 Å². The van der Waals surface area contributed by atoms with Gasteiger partial charge in [0.2, 0.25) is 6.29 Å². The Morgan fingerprint density at radius 2 is 1.79 bits per heavy atom. The molecule has 134 valence electrons. The zero-order valence-electron chi connectivity index (χ0n) is 14.7. The van der Waals surface area contributed by atoms with Gasteiger partial charge in [0.1, 0.15) is 5.76 Å². The molecule has 1 heterocycles. The van der Waals surface area contributed by atoms with Crippen LogP contribution in [0.15, 0.2) is 35.6 Å². The average molecular weight is 354 g/mol. The first-order valence-electron chi connectivity index (χ1n) is 8.61. The third-order valence-corrected chi connectivity index (χ3v) is 5.88. The number of ether oxygens (including phenoxy) is 2. The average Bonchev–Trinajstić information content (AvgIpc) is 3.01. The highest BCUT2D eigenvalue weighted by molar-refractivity contribution is 7.58. The van der Waals surface area contributed by atoms with Crippen molar-refractivity contribution in [2.75, 3.05) is 19.8 Å². The van der Waals surface area contributed by atoms with E-state index in [1.54, 1.807) is 13.8 Å². The van der Waals surface area contributed by atoms with E-state index < -0.39 is 13.9 Å². The molecule has 1 atom stereocenters. The van der Waals surface area contributed by atoms with Gasteiger partial charge in [-0.3, -0.25) is 4.57 Å². The van der Waals surface area contributed by atoms with E-state index in [2.05, 4.69) is 6.92 Å². The van der Waals surface area contributed by atoms with E-state index in [0.717, 1.165) is 18.4 Å². The van der Waals surface area contributed by atoms with Crippen LogP contribution in [0.3, 0.4) is 0 Å². The smallest absolute Gasteiger partial charge is 0.361 e. The number of hydrogen-bond acceptors (Lipinski definition) is 5. The van der Waals surface area contributed by atoms with E-state index in [0.29, 0.717) is 37.3 Å². The fourth-order valence-corrected chi connectivity index (χ4v) is 4.41. The molecule has 1 unspecified atom stereocenters. The highest BCUT2D eigenvalue weighted by atomic mass is 31.2. The van der Waals surface area contributed by atoms with Crippen molar-refractivity contribution in [3.63, 3.8) is 0 Å².